The van der Waals surface area contributed by atoms with Gasteiger partial charge >= 0.3 is 0 Å². The topological polar surface area (TPSA) is 59.2 Å². The molecule has 27 heavy (non-hydrogen) atoms. The molecule has 1 amide bonds. The molecular weight excluding hydrogens is 437 g/mol. The van der Waals surface area contributed by atoms with Crippen molar-refractivity contribution in [1.29, 1.82) is 0 Å². The number of hydrogen-bond donors (Lipinski definition) is 0. The van der Waals surface area contributed by atoms with Gasteiger partial charge in [0.2, 0.25) is 17.6 Å². The highest BCUT2D eigenvalue weighted by Gasteiger charge is 2.35. The number of aryl methyl sites for hydroxylation is 1. The van der Waals surface area contributed by atoms with Crippen molar-refractivity contribution >= 4 is 39.1 Å². The number of anilines is 1. The Morgan fingerprint density at radius 1 is 1.30 bits per heavy atom. The SMILES string of the molecule is Cc1cc(Cl)ccc1N1CC(c2nc(-c3ccc(F)c(Br)c3)no2)CC1=O. The van der Waals surface area contributed by atoms with Crippen LogP contribution in [0, 0.1) is 12.7 Å². The Kier molecular flexibility index (Phi) is 4.74. The number of aromatic nitrogens is 2. The zero-order valence-corrected chi connectivity index (χ0v) is 16.6. The summed E-state index contributed by atoms with van der Waals surface area (Å²) in [6.07, 6.45) is 0.289. The van der Waals surface area contributed by atoms with Gasteiger partial charge in [-0.2, -0.15) is 4.98 Å². The van der Waals surface area contributed by atoms with E-state index in [1.54, 1.807) is 23.1 Å². The van der Waals surface area contributed by atoms with Crippen molar-refractivity contribution in [1.82, 2.24) is 10.1 Å². The van der Waals surface area contributed by atoms with Gasteiger partial charge in [0, 0.05) is 29.2 Å². The van der Waals surface area contributed by atoms with Gasteiger partial charge in [0.15, 0.2) is 0 Å². The predicted molar refractivity (Wildman–Crippen MR) is 103 cm³/mol. The van der Waals surface area contributed by atoms with E-state index in [9.17, 15) is 9.18 Å². The van der Waals surface area contributed by atoms with Crippen molar-refractivity contribution in [2.45, 2.75) is 19.3 Å². The highest BCUT2D eigenvalue weighted by Crippen LogP contribution is 2.34. The predicted octanol–water partition coefficient (Wildman–Crippen LogP) is 5.12. The molecule has 0 N–H and O–H groups in total. The van der Waals surface area contributed by atoms with E-state index in [-0.39, 0.29) is 24.1 Å². The van der Waals surface area contributed by atoms with Crippen molar-refractivity contribution in [2.24, 2.45) is 0 Å². The van der Waals surface area contributed by atoms with Crippen LogP contribution in [0.1, 0.15) is 23.8 Å². The Labute approximate surface area is 168 Å². The summed E-state index contributed by atoms with van der Waals surface area (Å²) in [4.78, 5) is 18.6. The van der Waals surface area contributed by atoms with E-state index < -0.39 is 0 Å². The molecule has 1 aromatic heterocycles. The summed E-state index contributed by atoms with van der Waals surface area (Å²) in [5.41, 5.74) is 2.39. The van der Waals surface area contributed by atoms with Crippen LogP contribution in [0.3, 0.4) is 0 Å². The van der Waals surface area contributed by atoms with Gasteiger partial charge in [0.25, 0.3) is 0 Å². The van der Waals surface area contributed by atoms with Crippen LogP contribution >= 0.6 is 27.5 Å². The van der Waals surface area contributed by atoms with Crippen LogP contribution in [0.4, 0.5) is 10.1 Å². The lowest BCUT2D eigenvalue weighted by atomic mass is 10.1. The third kappa shape index (κ3) is 3.49. The number of benzene rings is 2. The van der Waals surface area contributed by atoms with Crippen molar-refractivity contribution < 1.29 is 13.7 Å². The fraction of sp³-hybridized carbons (Fsp3) is 0.211. The molecule has 1 aliphatic rings. The monoisotopic (exact) mass is 449 g/mol. The van der Waals surface area contributed by atoms with Gasteiger partial charge in [0.05, 0.1) is 10.4 Å². The number of hydrogen-bond acceptors (Lipinski definition) is 4. The minimum atomic E-state index is -0.363. The summed E-state index contributed by atoms with van der Waals surface area (Å²) in [6.45, 7) is 2.37. The second-order valence-electron chi connectivity index (χ2n) is 6.42. The average Bonchev–Trinajstić information content (AvgIpc) is 3.25. The molecule has 8 heteroatoms. The van der Waals surface area contributed by atoms with Crippen molar-refractivity contribution in [3.05, 3.63) is 63.2 Å². The van der Waals surface area contributed by atoms with Gasteiger partial charge in [-0.05, 0) is 64.8 Å². The maximum absolute atomic E-state index is 13.4. The van der Waals surface area contributed by atoms with E-state index >= 15 is 0 Å². The van der Waals surface area contributed by atoms with Crippen molar-refractivity contribution in [3.63, 3.8) is 0 Å². The van der Waals surface area contributed by atoms with E-state index in [0.29, 0.717) is 33.3 Å². The largest absolute Gasteiger partial charge is 0.339 e. The van der Waals surface area contributed by atoms with Crippen LogP contribution in [-0.4, -0.2) is 22.6 Å². The smallest absolute Gasteiger partial charge is 0.232 e. The second-order valence-corrected chi connectivity index (χ2v) is 7.71. The third-order valence-electron chi connectivity index (χ3n) is 4.54. The molecule has 1 atom stereocenters. The van der Waals surface area contributed by atoms with Crippen LogP contribution < -0.4 is 4.90 Å². The molecule has 1 saturated heterocycles. The summed E-state index contributed by atoms with van der Waals surface area (Å²) in [5.74, 6) is 0.192. The number of amides is 1. The molecule has 4 rings (SSSR count). The van der Waals surface area contributed by atoms with Crippen LogP contribution in [0.2, 0.25) is 5.02 Å². The molecule has 2 aromatic carbocycles. The van der Waals surface area contributed by atoms with Gasteiger partial charge in [-0.1, -0.05) is 16.8 Å². The molecule has 138 valence electrons. The third-order valence-corrected chi connectivity index (χ3v) is 5.39. The van der Waals surface area contributed by atoms with Crippen molar-refractivity contribution in [3.8, 4) is 11.4 Å². The Balaban J connectivity index is 1.57. The van der Waals surface area contributed by atoms with Gasteiger partial charge < -0.3 is 9.42 Å². The highest BCUT2D eigenvalue weighted by atomic mass is 79.9. The lowest BCUT2D eigenvalue weighted by Gasteiger charge is -2.18. The second kappa shape index (κ2) is 7.05. The molecule has 5 nitrogen and oxygen atoms in total. The highest BCUT2D eigenvalue weighted by molar-refractivity contribution is 9.10. The molecule has 3 aromatic rings. The van der Waals surface area contributed by atoms with Gasteiger partial charge in [-0.25, -0.2) is 4.39 Å². The van der Waals surface area contributed by atoms with E-state index in [1.807, 2.05) is 19.1 Å². The number of carbonyl (C=O) groups is 1. The normalized spacial score (nSPS) is 17.0. The Bertz CT molecular complexity index is 1040. The van der Waals surface area contributed by atoms with E-state index in [2.05, 4.69) is 26.1 Å². The first-order chi connectivity index (χ1) is 12.9. The number of carbonyl (C=O) groups excluding carboxylic acids is 1. The van der Waals surface area contributed by atoms with Crippen LogP contribution in [0.25, 0.3) is 11.4 Å². The molecule has 0 spiro atoms. The number of rotatable bonds is 3. The first-order valence-corrected chi connectivity index (χ1v) is 9.45. The van der Waals surface area contributed by atoms with Gasteiger partial charge in [-0.3, -0.25) is 4.79 Å². The summed E-state index contributed by atoms with van der Waals surface area (Å²) < 4.78 is 19.1. The van der Waals surface area contributed by atoms with Crippen LogP contribution in [0.5, 0.6) is 0 Å². The van der Waals surface area contributed by atoms with E-state index in [0.717, 1.165) is 11.3 Å². The minimum Gasteiger partial charge on any atom is -0.339 e. The first kappa shape index (κ1) is 18.1. The lowest BCUT2D eigenvalue weighted by Crippen LogP contribution is -2.25. The molecule has 1 aliphatic heterocycles. The molecule has 0 radical (unpaired) electrons. The van der Waals surface area contributed by atoms with E-state index in [4.69, 9.17) is 16.1 Å². The summed E-state index contributed by atoms with van der Waals surface area (Å²) in [6, 6.07) is 9.94. The number of nitrogens with zero attached hydrogens (tertiary/aromatic N) is 3. The lowest BCUT2D eigenvalue weighted by molar-refractivity contribution is -0.117. The van der Waals surface area contributed by atoms with Crippen LogP contribution in [0.15, 0.2) is 45.4 Å². The fourth-order valence-corrected chi connectivity index (χ4v) is 3.79. The van der Waals surface area contributed by atoms with Crippen LogP contribution in [-0.2, 0) is 4.79 Å². The molecule has 1 unspecified atom stereocenters. The number of halogens is 3. The fourth-order valence-electron chi connectivity index (χ4n) is 3.18. The maximum atomic E-state index is 13.4. The molecule has 2 heterocycles. The first-order valence-electron chi connectivity index (χ1n) is 8.28. The molecule has 0 aliphatic carbocycles. The zero-order valence-electron chi connectivity index (χ0n) is 14.2. The molecule has 1 fully saturated rings. The summed E-state index contributed by atoms with van der Waals surface area (Å²) in [7, 11) is 0. The van der Waals surface area contributed by atoms with Crippen molar-refractivity contribution in [2.75, 3.05) is 11.4 Å². The maximum Gasteiger partial charge on any atom is 0.232 e. The van der Waals surface area contributed by atoms with Gasteiger partial charge in [-0.15, -0.1) is 0 Å². The van der Waals surface area contributed by atoms with E-state index in [1.165, 1.54) is 6.07 Å². The minimum absolute atomic E-state index is 0.00491. The Hall–Kier alpha value is -2.25. The molecular formula is C19H14BrClFN3O2. The molecule has 0 bridgehead atoms. The Morgan fingerprint density at radius 3 is 2.85 bits per heavy atom. The summed E-state index contributed by atoms with van der Waals surface area (Å²) >= 11 is 9.15. The average molecular weight is 451 g/mol. The molecule has 0 saturated carbocycles. The quantitative estimate of drug-likeness (QED) is 0.556. The zero-order chi connectivity index (χ0) is 19.1. The van der Waals surface area contributed by atoms with Gasteiger partial charge in [0.1, 0.15) is 5.82 Å². The summed E-state index contributed by atoms with van der Waals surface area (Å²) in [5, 5.41) is 4.61. The standard InChI is InChI=1S/C19H14BrClFN3O2/c1-10-6-13(21)3-5-16(10)25-9-12(8-17(25)26)19-23-18(24-27-19)11-2-4-15(22)14(20)7-11/h2-7,12H,8-9H2,1H3. The Morgan fingerprint density at radius 2 is 2.11 bits per heavy atom.